The Morgan fingerprint density at radius 1 is 1.30 bits per heavy atom. The molecule has 110 valence electrons. The second-order valence-electron chi connectivity index (χ2n) is 5.79. The molecule has 2 rings (SSSR count). The molecule has 0 aliphatic carbocycles. The van der Waals surface area contributed by atoms with Gasteiger partial charge in [0.2, 0.25) is 5.91 Å². The van der Waals surface area contributed by atoms with Gasteiger partial charge in [0, 0.05) is 24.3 Å². The van der Waals surface area contributed by atoms with Crippen molar-refractivity contribution in [3.8, 4) is 0 Å². The van der Waals surface area contributed by atoms with E-state index in [1.54, 1.807) is 0 Å². The number of anilines is 2. The maximum Gasteiger partial charge on any atom is 0.221 e. The monoisotopic (exact) mass is 275 g/mol. The molecule has 1 heterocycles. The van der Waals surface area contributed by atoms with Gasteiger partial charge in [-0.3, -0.25) is 4.79 Å². The number of hydrogen-bond donors (Lipinski definition) is 2. The van der Waals surface area contributed by atoms with E-state index in [9.17, 15) is 4.79 Å². The van der Waals surface area contributed by atoms with Gasteiger partial charge in [-0.15, -0.1) is 0 Å². The van der Waals surface area contributed by atoms with Gasteiger partial charge in [-0.25, -0.2) is 0 Å². The smallest absolute Gasteiger partial charge is 0.221 e. The summed E-state index contributed by atoms with van der Waals surface area (Å²) in [6.45, 7) is 5.91. The van der Waals surface area contributed by atoms with Gasteiger partial charge >= 0.3 is 0 Å². The van der Waals surface area contributed by atoms with Crippen LogP contribution in [0.15, 0.2) is 18.2 Å². The van der Waals surface area contributed by atoms with E-state index in [2.05, 4.69) is 28.6 Å². The van der Waals surface area contributed by atoms with Crippen LogP contribution in [0, 0.1) is 6.92 Å². The van der Waals surface area contributed by atoms with Crippen LogP contribution in [0.5, 0.6) is 0 Å². The Labute approximate surface area is 121 Å². The fourth-order valence-electron chi connectivity index (χ4n) is 2.70. The van der Waals surface area contributed by atoms with E-state index >= 15 is 0 Å². The van der Waals surface area contributed by atoms with Crippen molar-refractivity contribution in [1.29, 1.82) is 0 Å². The minimum Gasteiger partial charge on any atom is -0.382 e. The molecular formula is C16H25N3O. The first kappa shape index (κ1) is 14.9. The second-order valence-corrected chi connectivity index (χ2v) is 5.79. The molecule has 0 bridgehead atoms. The molecule has 2 N–H and O–H groups in total. The molecule has 1 amide bonds. The summed E-state index contributed by atoms with van der Waals surface area (Å²) in [4.78, 5) is 13.5. The first-order valence-electron chi connectivity index (χ1n) is 7.38. The van der Waals surface area contributed by atoms with Crippen molar-refractivity contribution in [2.45, 2.75) is 39.2 Å². The molecule has 1 fully saturated rings. The molecular weight excluding hydrogens is 250 g/mol. The fourth-order valence-corrected chi connectivity index (χ4v) is 2.70. The number of benzene rings is 1. The lowest BCUT2D eigenvalue weighted by Crippen LogP contribution is -2.23. The van der Waals surface area contributed by atoms with Crippen molar-refractivity contribution >= 4 is 17.3 Å². The van der Waals surface area contributed by atoms with Crippen molar-refractivity contribution in [2.24, 2.45) is 0 Å². The van der Waals surface area contributed by atoms with Gasteiger partial charge in [0.25, 0.3) is 0 Å². The van der Waals surface area contributed by atoms with E-state index in [-0.39, 0.29) is 5.91 Å². The maximum absolute atomic E-state index is 11.1. The maximum atomic E-state index is 11.1. The molecule has 0 spiro atoms. The Bertz CT molecular complexity index is 473. The molecule has 20 heavy (non-hydrogen) atoms. The lowest BCUT2D eigenvalue weighted by molar-refractivity contribution is -0.114. The second kappa shape index (κ2) is 6.75. The molecule has 1 aliphatic rings. The van der Waals surface area contributed by atoms with E-state index in [1.165, 1.54) is 32.7 Å². The number of carbonyl (C=O) groups is 1. The summed E-state index contributed by atoms with van der Waals surface area (Å²) in [5, 5.41) is 6.47. The first-order chi connectivity index (χ1) is 9.54. The van der Waals surface area contributed by atoms with E-state index in [0.717, 1.165) is 23.5 Å². The SMILES string of the molecule is CC(=O)Nc1ccc(NC2CCCN(C)CC2)cc1C. The quantitative estimate of drug-likeness (QED) is 0.891. The molecule has 1 aliphatic heterocycles. The van der Waals surface area contributed by atoms with E-state index in [0.29, 0.717) is 6.04 Å². The molecule has 0 saturated carbocycles. The first-order valence-corrected chi connectivity index (χ1v) is 7.38. The zero-order valence-corrected chi connectivity index (χ0v) is 12.7. The van der Waals surface area contributed by atoms with Crippen LogP contribution in [0.1, 0.15) is 31.7 Å². The minimum atomic E-state index is -0.0272. The molecule has 4 heteroatoms. The molecule has 4 nitrogen and oxygen atoms in total. The normalized spacial score (nSPS) is 20.2. The fraction of sp³-hybridized carbons (Fsp3) is 0.562. The molecule has 0 aromatic heterocycles. The zero-order chi connectivity index (χ0) is 14.5. The van der Waals surface area contributed by atoms with Crippen LogP contribution < -0.4 is 10.6 Å². The van der Waals surface area contributed by atoms with Crippen LogP contribution in [0.2, 0.25) is 0 Å². The lowest BCUT2D eigenvalue weighted by Gasteiger charge is -2.19. The Balaban J connectivity index is 1.99. The number of likely N-dealkylation sites (tertiary alicyclic amines) is 1. The average molecular weight is 275 g/mol. The summed E-state index contributed by atoms with van der Waals surface area (Å²) in [6.07, 6.45) is 3.65. The highest BCUT2D eigenvalue weighted by atomic mass is 16.1. The number of hydrogen-bond acceptors (Lipinski definition) is 3. The Morgan fingerprint density at radius 3 is 2.80 bits per heavy atom. The third kappa shape index (κ3) is 4.23. The third-order valence-corrected chi connectivity index (χ3v) is 3.86. The highest BCUT2D eigenvalue weighted by molar-refractivity contribution is 5.89. The molecule has 1 aromatic rings. The highest BCUT2D eigenvalue weighted by Gasteiger charge is 2.14. The summed E-state index contributed by atoms with van der Waals surface area (Å²) in [5.74, 6) is -0.0272. The van der Waals surface area contributed by atoms with Gasteiger partial charge in [-0.1, -0.05) is 0 Å². The third-order valence-electron chi connectivity index (χ3n) is 3.86. The van der Waals surface area contributed by atoms with Gasteiger partial charge in [0.1, 0.15) is 0 Å². The van der Waals surface area contributed by atoms with Crippen molar-refractivity contribution < 1.29 is 4.79 Å². The zero-order valence-electron chi connectivity index (χ0n) is 12.7. The molecule has 1 saturated heterocycles. The Hall–Kier alpha value is -1.55. The lowest BCUT2D eigenvalue weighted by atomic mass is 10.1. The standard InChI is InChI=1S/C16H25N3O/c1-12-11-15(6-7-16(12)17-13(2)20)18-14-5-4-9-19(3)10-8-14/h6-7,11,14,18H,4-5,8-10H2,1-3H3,(H,17,20). The van der Waals surface area contributed by atoms with Gasteiger partial charge in [0.15, 0.2) is 0 Å². The summed E-state index contributed by atoms with van der Waals surface area (Å²) >= 11 is 0. The number of amides is 1. The van der Waals surface area contributed by atoms with Gasteiger partial charge in [-0.2, -0.15) is 0 Å². The number of carbonyl (C=O) groups excluding carboxylic acids is 1. The van der Waals surface area contributed by atoms with Crippen LogP contribution in [0.3, 0.4) is 0 Å². The van der Waals surface area contributed by atoms with Gasteiger partial charge in [0.05, 0.1) is 0 Å². The van der Waals surface area contributed by atoms with Crippen LogP contribution in [0.25, 0.3) is 0 Å². The summed E-state index contributed by atoms with van der Waals surface area (Å²) in [6, 6.07) is 6.68. The van der Waals surface area contributed by atoms with Crippen LogP contribution in [-0.4, -0.2) is 37.0 Å². The van der Waals surface area contributed by atoms with Gasteiger partial charge in [-0.05, 0) is 70.1 Å². The van der Waals surface area contributed by atoms with Crippen molar-refractivity contribution in [1.82, 2.24) is 4.90 Å². The average Bonchev–Trinajstić information content (AvgIpc) is 2.58. The van der Waals surface area contributed by atoms with Crippen molar-refractivity contribution in [3.05, 3.63) is 23.8 Å². The van der Waals surface area contributed by atoms with E-state index < -0.39 is 0 Å². The number of rotatable bonds is 3. The van der Waals surface area contributed by atoms with Crippen molar-refractivity contribution in [2.75, 3.05) is 30.8 Å². The largest absolute Gasteiger partial charge is 0.382 e. The van der Waals surface area contributed by atoms with E-state index in [4.69, 9.17) is 0 Å². The predicted octanol–water partition coefficient (Wildman–Crippen LogP) is 2.85. The van der Waals surface area contributed by atoms with Crippen LogP contribution >= 0.6 is 0 Å². The van der Waals surface area contributed by atoms with Crippen LogP contribution in [0.4, 0.5) is 11.4 Å². The Morgan fingerprint density at radius 2 is 2.10 bits per heavy atom. The number of nitrogens with one attached hydrogen (secondary N) is 2. The minimum absolute atomic E-state index is 0.0272. The molecule has 1 atom stereocenters. The van der Waals surface area contributed by atoms with Crippen molar-refractivity contribution in [3.63, 3.8) is 0 Å². The number of nitrogens with zero attached hydrogens (tertiary/aromatic N) is 1. The molecule has 0 radical (unpaired) electrons. The summed E-state index contributed by atoms with van der Waals surface area (Å²) in [7, 11) is 2.19. The topological polar surface area (TPSA) is 44.4 Å². The molecule has 1 aromatic carbocycles. The highest BCUT2D eigenvalue weighted by Crippen LogP contribution is 2.22. The summed E-state index contributed by atoms with van der Waals surface area (Å²) < 4.78 is 0. The Kier molecular flexibility index (Phi) is 5.01. The number of aryl methyl sites for hydroxylation is 1. The summed E-state index contributed by atoms with van der Waals surface area (Å²) in [5.41, 5.74) is 3.13. The van der Waals surface area contributed by atoms with E-state index in [1.807, 2.05) is 19.1 Å². The van der Waals surface area contributed by atoms with Gasteiger partial charge < -0.3 is 15.5 Å². The van der Waals surface area contributed by atoms with Crippen LogP contribution in [-0.2, 0) is 4.79 Å². The predicted molar refractivity (Wildman–Crippen MR) is 84.2 cm³/mol. The molecule has 1 unspecified atom stereocenters.